The fourth-order valence-corrected chi connectivity index (χ4v) is 2.14. The van der Waals surface area contributed by atoms with Crippen LogP contribution in [0, 0.1) is 65.2 Å². The van der Waals surface area contributed by atoms with Crippen molar-refractivity contribution in [2.24, 2.45) is 0 Å². The molecule has 0 N–H and O–H groups in total. The van der Waals surface area contributed by atoms with Crippen LogP contribution in [-0.4, -0.2) is 15.0 Å². The largest absolute Gasteiger partial charge is 0.531 e. The Hall–Kier alpha value is 0.0619. The first-order valence-corrected chi connectivity index (χ1v) is 6.19. The van der Waals surface area contributed by atoms with Gasteiger partial charge in [-0.1, -0.05) is 5.21 Å². The Labute approximate surface area is 133 Å². The molecule has 1 atom stereocenters. The van der Waals surface area contributed by atoms with Crippen molar-refractivity contribution in [1.82, 2.24) is 15.0 Å². The number of aryl methyl sites for hydroxylation is 2. The normalized spacial score (nSPS) is 10.7. The summed E-state index contributed by atoms with van der Waals surface area (Å²) in [5, 5.41) is 8.40. The fourth-order valence-electron chi connectivity index (χ4n) is 2.06. The molecule has 4 nitrogen and oxygen atoms in total. The summed E-state index contributed by atoms with van der Waals surface area (Å²) in [6.07, 6.45) is 1.58. The molecule has 0 radical (unpaired) electrons. The van der Waals surface area contributed by atoms with Crippen LogP contribution in [-0.2, 0) is 11.5 Å². The zero-order valence-electron chi connectivity index (χ0n) is 11.1. The maximum Gasteiger partial charge on any atom is 0.116 e. The van der Waals surface area contributed by atoms with E-state index in [1.165, 1.54) is 22.3 Å². The summed E-state index contributed by atoms with van der Waals surface area (Å²) in [7, 11) is 2.41. The number of ether oxygens (including phenoxy) is 1. The van der Waals surface area contributed by atoms with Gasteiger partial charge in [0.2, 0.25) is 0 Å². The third kappa shape index (κ3) is 2.65. The van der Waals surface area contributed by atoms with Gasteiger partial charge in [-0.15, -0.1) is 5.10 Å². The second kappa shape index (κ2) is 6.48. The maximum absolute atomic E-state index is 5.25. The summed E-state index contributed by atoms with van der Waals surface area (Å²) in [5.74, 6) is 0. The molecule has 1 unspecified atom stereocenters. The van der Waals surface area contributed by atoms with Crippen molar-refractivity contribution in [1.29, 1.82) is 0 Å². The van der Waals surface area contributed by atoms with E-state index in [-0.39, 0.29) is 31.1 Å². The van der Waals surface area contributed by atoms with E-state index in [0.29, 0.717) is 6.73 Å². The summed E-state index contributed by atoms with van der Waals surface area (Å²) in [5.41, 5.74) is 7.05. The average molecular weight is 488 g/mol. The Bertz CT molecular complexity index is 568. The van der Waals surface area contributed by atoms with Gasteiger partial charge < -0.3 is 4.74 Å². The maximum atomic E-state index is 5.25. The molecular formula is C12H17N3OPU-. The van der Waals surface area contributed by atoms with Gasteiger partial charge in [-0.05, 0) is 49.9 Å². The molecule has 2 aromatic rings. The van der Waals surface area contributed by atoms with Crippen molar-refractivity contribution in [2.75, 3.05) is 0 Å². The van der Waals surface area contributed by atoms with Gasteiger partial charge in [-0.3, -0.25) is 9.24 Å². The van der Waals surface area contributed by atoms with Gasteiger partial charge in [0, 0.05) is 31.1 Å². The molecule has 1 aromatic carbocycles. The van der Waals surface area contributed by atoms with E-state index in [0.717, 1.165) is 11.0 Å². The minimum absolute atomic E-state index is 0. The van der Waals surface area contributed by atoms with Gasteiger partial charge in [-0.2, -0.15) is 6.35 Å². The molecule has 0 bridgehead atoms. The molecule has 0 saturated heterocycles. The molecule has 6 heteroatoms. The Balaban J connectivity index is 0.00000162. The van der Waals surface area contributed by atoms with Gasteiger partial charge in [0.25, 0.3) is 0 Å². The average Bonchev–Trinajstić information content (AvgIpc) is 2.75. The first kappa shape index (κ1) is 16.1. The van der Waals surface area contributed by atoms with E-state index in [9.17, 15) is 0 Å². The molecule has 0 aliphatic heterocycles. The van der Waals surface area contributed by atoms with Crippen molar-refractivity contribution in [3.63, 3.8) is 0 Å². The van der Waals surface area contributed by atoms with Crippen LogP contribution >= 0.6 is 9.24 Å². The Kier molecular flexibility index (Phi) is 5.80. The summed E-state index contributed by atoms with van der Waals surface area (Å²) in [6, 6.07) is 0. The minimum atomic E-state index is 0. The van der Waals surface area contributed by atoms with E-state index in [2.05, 4.69) is 47.2 Å². The standard InChI is InChI=1S/C12H17N3OP.U/c1-7-8(2)10(4)12-11(9(7)3)13-14-15(12)5-16-6-17;/h6H,5,17H2,1-4H3;/q-1;. The zero-order valence-corrected chi connectivity index (χ0v) is 16.4. The number of aromatic nitrogens is 3. The van der Waals surface area contributed by atoms with Crippen molar-refractivity contribution >= 4 is 20.3 Å². The SMILES string of the molecule is Cc1c(C)c(C)c2c(nnn2CO[CH-]P)c1C.[U]. The van der Waals surface area contributed by atoms with Crippen LogP contribution < -0.4 is 0 Å². The van der Waals surface area contributed by atoms with E-state index in [4.69, 9.17) is 4.74 Å². The van der Waals surface area contributed by atoms with Crippen LogP contribution in [0.2, 0.25) is 0 Å². The first-order valence-electron chi connectivity index (χ1n) is 5.52. The second-order valence-electron chi connectivity index (χ2n) is 4.22. The molecular weight excluding hydrogens is 471 g/mol. The summed E-state index contributed by atoms with van der Waals surface area (Å²) >= 11 is 0. The van der Waals surface area contributed by atoms with Crippen molar-refractivity contribution in [2.45, 2.75) is 34.4 Å². The number of fused-ring (bicyclic) bond motifs is 1. The molecule has 0 saturated carbocycles. The molecule has 96 valence electrons. The number of hydrogen-bond acceptors (Lipinski definition) is 3. The van der Waals surface area contributed by atoms with Gasteiger partial charge in [0.15, 0.2) is 0 Å². The van der Waals surface area contributed by atoms with E-state index in [1.54, 1.807) is 11.0 Å². The molecule has 0 amide bonds. The molecule has 0 fully saturated rings. The minimum Gasteiger partial charge on any atom is -0.531 e. The number of nitrogens with zero attached hydrogens (tertiary/aromatic N) is 3. The van der Waals surface area contributed by atoms with Gasteiger partial charge >= 0.3 is 0 Å². The Morgan fingerprint density at radius 2 is 1.72 bits per heavy atom. The van der Waals surface area contributed by atoms with Crippen LogP contribution in [0.25, 0.3) is 11.0 Å². The fraction of sp³-hybridized carbons (Fsp3) is 0.417. The first-order chi connectivity index (χ1) is 8.07. The summed E-state index contributed by atoms with van der Waals surface area (Å²) < 4.78 is 7.05. The van der Waals surface area contributed by atoms with E-state index >= 15 is 0 Å². The van der Waals surface area contributed by atoms with Gasteiger partial charge in [-0.25, -0.2) is 4.68 Å². The topological polar surface area (TPSA) is 39.9 Å². The summed E-state index contributed by atoms with van der Waals surface area (Å²) in [4.78, 5) is 0. The van der Waals surface area contributed by atoms with E-state index < -0.39 is 0 Å². The zero-order chi connectivity index (χ0) is 12.6. The van der Waals surface area contributed by atoms with Crippen LogP contribution in [0.4, 0.5) is 0 Å². The van der Waals surface area contributed by atoms with Crippen molar-refractivity contribution in [3.8, 4) is 0 Å². The van der Waals surface area contributed by atoms with Crippen LogP contribution in [0.1, 0.15) is 22.3 Å². The molecule has 0 spiro atoms. The predicted molar refractivity (Wildman–Crippen MR) is 71.6 cm³/mol. The number of hydrogen-bond donors (Lipinski definition) is 0. The van der Waals surface area contributed by atoms with Gasteiger partial charge in [0.1, 0.15) is 12.2 Å². The van der Waals surface area contributed by atoms with Crippen LogP contribution in [0.15, 0.2) is 0 Å². The number of benzene rings is 1. The third-order valence-electron chi connectivity index (χ3n) is 3.43. The predicted octanol–water partition coefficient (Wildman–Crippen LogP) is 2.63. The quantitative estimate of drug-likeness (QED) is 0.493. The second-order valence-corrected chi connectivity index (χ2v) is 4.49. The van der Waals surface area contributed by atoms with Crippen molar-refractivity contribution < 1.29 is 35.9 Å². The molecule has 0 aliphatic rings. The summed E-state index contributed by atoms with van der Waals surface area (Å²) in [6.45, 7) is 8.85. The molecule has 0 aliphatic carbocycles. The third-order valence-corrected chi connectivity index (χ3v) is 3.62. The van der Waals surface area contributed by atoms with Crippen LogP contribution in [0.5, 0.6) is 0 Å². The van der Waals surface area contributed by atoms with Gasteiger partial charge in [0.05, 0.1) is 5.52 Å². The van der Waals surface area contributed by atoms with Crippen LogP contribution in [0.3, 0.4) is 0 Å². The monoisotopic (exact) mass is 488 g/mol. The smallest absolute Gasteiger partial charge is 0.116 e. The molecule has 2 rings (SSSR count). The Morgan fingerprint density at radius 1 is 1.11 bits per heavy atom. The molecule has 18 heavy (non-hydrogen) atoms. The number of rotatable bonds is 3. The molecule has 1 heterocycles. The van der Waals surface area contributed by atoms with E-state index in [1.807, 2.05) is 0 Å². The Morgan fingerprint density at radius 3 is 2.33 bits per heavy atom. The molecule has 1 aromatic heterocycles. The van der Waals surface area contributed by atoms with Crippen molar-refractivity contribution in [3.05, 3.63) is 28.6 Å².